The number of hydrogen-bond donors (Lipinski definition) is 3. The second-order valence-corrected chi connectivity index (χ2v) is 9.75. The van der Waals surface area contributed by atoms with Gasteiger partial charge in [0, 0.05) is 30.8 Å². The fourth-order valence-corrected chi connectivity index (χ4v) is 5.00. The fourth-order valence-electron chi connectivity index (χ4n) is 2.54. The van der Waals surface area contributed by atoms with E-state index in [4.69, 9.17) is 17.3 Å². The molecule has 0 aliphatic heterocycles. The van der Waals surface area contributed by atoms with Crippen LogP contribution in [0.2, 0.25) is 5.02 Å². The first-order chi connectivity index (χ1) is 13.5. The van der Waals surface area contributed by atoms with Crippen molar-refractivity contribution in [3.8, 4) is 10.7 Å². The maximum absolute atomic E-state index is 12.2. The summed E-state index contributed by atoms with van der Waals surface area (Å²) in [4.78, 5) is 9.22. The number of sulfonamides is 1. The van der Waals surface area contributed by atoms with Gasteiger partial charge in [0.05, 0.1) is 11.1 Å². The predicted octanol–water partition coefficient (Wildman–Crippen LogP) is 2.76. The van der Waals surface area contributed by atoms with Crippen LogP contribution in [0, 0.1) is 0 Å². The molecular weight excluding hydrogens is 422 g/mol. The van der Waals surface area contributed by atoms with Crippen LogP contribution in [0.4, 0.5) is 11.6 Å². The summed E-state index contributed by atoms with van der Waals surface area (Å²) < 4.78 is 26.9. The Labute approximate surface area is 170 Å². The van der Waals surface area contributed by atoms with E-state index in [2.05, 4.69) is 30.2 Å². The van der Waals surface area contributed by atoms with Gasteiger partial charge in [0.25, 0.3) is 0 Å². The smallest absolute Gasteiger partial charge is 0.250 e. The summed E-state index contributed by atoms with van der Waals surface area (Å²) in [5, 5.41) is 10.6. The number of hydrogen-bond acceptors (Lipinski definition) is 7. The van der Waals surface area contributed by atoms with Crippen LogP contribution in [0.15, 0.2) is 28.6 Å². The molecule has 0 aromatic carbocycles. The van der Waals surface area contributed by atoms with Crippen molar-refractivity contribution in [2.75, 3.05) is 18.4 Å². The van der Waals surface area contributed by atoms with Crippen molar-refractivity contribution in [1.82, 2.24) is 30.6 Å². The number of nitrogens with one attached hydrogen (secondary N) is 4. The zero-order valence-corrected chi connectivity index (χ0v) is 17.0. The van der Waals surface area contributed by atoms with Crippen LogP contribution in [-0.4, -0.2) is 41.7 Å². The Balaban J connectivity index is 1.56. The largest absolute Gasteiger partial charge is 0.322 e. The summed E-state index contributed by atoms with van der Waals surface area (Å²) in [6.45, 7) is 0.0377. The van der Waals surface area contributed by atoms with Crippen LogP contribution >= 0.6 is 22.9 Å². The quantitative estimate of drug-likeness (QED) is 0.494. The average Bonchev–Trinajstić information content (AvgIpc) is 3.21. The lowest BCUT2D eigenvalue weighted by Gasteiger charge is -2.06. The summed E-state index contributed by atoms with van der Waals surface area (Å²) >= 11 is 7.26. The van der Waals surface area contributed by atoms with Crippen molar-refractivity contribution in [3.63, 3.8) is 0 Å². The van der Waals surface area contributed by atoms with Crippen molar-refractivity contribution in [2.24, 2.45) is 0 Å². The van der Waals surface area contributed by atoms with Crippen LogP contribution < -0.4 is 15.8 Å². The number of rotatable bonds is 8. The van der Waals surface area contributed by atoms with Gasteiger partial charge < -0.3 is 5.32 Å². The van der Waals surface area contributed by atoms with E-state index in [1.165, 1.54) is 25.1 Å². The molecule has 3 aromatic rings. The molecule has 0 bridgehead atoms. The number of thiophene rings is 1. The minimum absolute atomic E-state index is 0.0254. The maximum atomic E-state index is 12.2. The summed E-state index contributed by atoms with van der Waals surface area (Å²) in [6, 6.07) is 5.07. The Morgan fingerprint density at radius 1 is 1.36 bits per heavy atom. The second-order valence-electron chi connectivity index (χ2n) is 6.26. The van der Waals surface area contributed by atoms with Gasteiger partial charge in [-0.2, -0.15) is 5.10 Å². The van der Waals surface area contributed by atoms with Crippen LogP contribution in [0.1, 0.15) is 24.5 Å². The highest BCUT2D eigenvalue weighted by Gasteiger charge is 2.25. The minimum Gasteiger partial charge on any atom is -0.322 e. The average molecular weight is 439 g/mol. The monoisotopic (exact) mass is 438 g/mol. The third-order valence-electron chi connectivity index (χ3n) is 4.09. The van der Waals surface area contributed by atoms with E-state index < -0.39 is 10.0 Å². The molecule has 3 heterocycles. The van der Waals surface area contributed by atoms with Gasteiger partial charge in [-0.05, 0) is 25.0 Å². The van der Waals surface area contributed by atoms with Gasteiger partial charge >= 0.3 is 0 Å². The second kappa shape index (κ2) is 7.76. The topological polar surface area (TPSA) is 136 Å². The van der Waals surface area contributed by atoms with Gasteiger partial charge in [-0.3, -0.25) is 10.8 Å². The van der Waals surface area contributed by atoms with Gasteiger partial charge in [0.1, 0.15) is 9.23 Å². The van der Waals surface area contributed by atoms with Gasteiger partial charge in [-0.1, -0.05) is 11.6 Å². The van der Waals surface area contributed by atoms with Crippen molar-refractivity contribution in [1.29, 1.82) is 0 Å². The summed E-state index contributed by atoms with van der Waals surface area (Å²) in [6.07, 6.45) is 3.80. The number of aromatic nitrogens is 4. The first-order valence-electron chi connectivity index (χ1n) is 8.55. The maximum Gasteiger partial charge on any atom is 0.250 e. The molecule has 0 unspecified atom stereocenters. The molecule has 0 atom stereocenters. The standard InChI is InChI=1S/C16H17ClN7O2S2/c17-10-8-19-16(12-3-4-14(27-12)28(25,26)20-6-5-18)22-15(10)21-13-7-11(23-24-13)9-1-2-9/h3-4,7-9,18,20H,1-2,5-6H2,(H2,19,21,22,23,24). The molecule has 1 aliphatic rings. The van der Waals surface area contributed by atoms with E-state index in [1.807, 2.05) is 6.07 Å². The molecule has 12 heteroatoms. The van der Waals surface area contributed by atoms with Crippen LogP contribution in [0.5, 0.6) is 0 Å². The number of nitrogens with zero attached hydrogens (tertiary/aromatic N) is 3. The molecule has 3 aromatic heterocycles. The van der Waals surface area contributed by atoms with Gasteiger partial charge in [-0.15, -0.1) is 11.3 Å². The van der Waals surface area contributed by atoms with E-state index in [-0.39, 0.29) is 17.3 Å². The Morgan fingerprint density at radius 3 is 2.93 bits per heavy atom. The molecular formula is C16H17ClN7O2S2. The molecule has 1 radical (unpaired) electrons. The molecule has 0 saturated heterocycles. The normalized spacial score (nSPS) is 14.4. The number of aromatic amines is 1. The minimum atomic E-state index is -3.64. The Hall–Kier alpha value is -2.05. The third kappa shape index (κ3) is 4.18. The summed E-state index contributed by atoms with van der Waals surface area (Å²) in [5.41, 5.74) is 8.16. The predicted molar refractivity (Wildman–Crippen MR) is 107 cm³/mol. The van der Waals surface area contributed by atoms with Gasteiger partial charge in [-0.25, -0.2) is 23.1 Å². The van der Waals surface area contributed by atoms with Crippen molar-refractivity contribution >= 4 is 44.6 Å². The molecule has 4 rings (SSSR count). The van der Waals surface area contributed by atoms with E-state index in [1.54, 1.807) is 6.07 Å². The molecule has 147 valence electrons. The lowest BCUT2D eigenvalue weighted by atomic mass is 10.3. The van der Waals surface area contributed by atoms with E-state index in [9.17, 15) is 8.42 Å². The molecule has 4 N–H and O–H groups in total. The Bertz CT molecular complexity index is 1090. The van der Waals surface area contributed by atoms with Crippen molar-refractivity contribution in [2.45, 2.75) is 23.0 Å². The lowest BCUT2D eigenvalue weighted by Crippen LogP contribution is -2.26. The van der Waals surface area contributed by atoms with Crippen LogP contribution in [0.3, 0.4) is 0 Å². The number of H-pyrrole nitrogens is 1. The zero-order valence-electron chi connectivity index (χ0n) is 14.6. The molecule has 9 nitrogen and oxygen atoms in total. The molecule has 1 saturated carbocycles. The zero-order chi connectivity index (χ0) is 19.7. The summed E-state index contributed by atoms with van der Waals surface area (Å²) in [7, 11) is -3.64. The Morgan fingerprint density at radius 2 is 2.18 bits per heavy atom. The van der Waals surface area contributed by atoms with E-state index in [0.717, 1.165) is 17.0 Å². The highest BCUT2D eigenvalue weighted by molar-refractivity contribution is 7.91. The first kappa shape index (κ1) is 19.3. The third-order valence-corrected chi connectivity index (χ3v) is 7.40. The SMILES string of the molecule is [NH]CCNS(=O)(=O)c1ccc(-c2ncc(Cl)c(Nc3cc(C4CC4)[nH]n3)n2)s1. The molecule has 0 spiro atoms. The summed E-state index contributed by atoms with van der Waals surface area (Å²) in [5.74, 6) is 1.92. The molecule has 0 amide bonds. The van der Waals surface area contributed by atoms with E-state index >= 15 is 0 Å². The van der Waals surface area contributed by atoms with Gasteiger partial charge in [0.15, 0.2) is 17.5 Å². The fraction of sp³-hybridized carbons (Fsp3) is 0.312. The highest BCUT2D eigenvalue weighted by Crippen LogP contribution is 2.40. The lowest BCUT2D eigenvalue weighted by molar-refractivity contribution is 0.584. The van der Waals surface area contributed by atoms with Gasteiger partial charge in [0.2, 0.25) is 10.0 Å². The molecule has 1 fully saturated rings. The Kier molecular flexibility index (Phi) is 5.34. The van der Waals surface area contributed by atoms with Crippen molar-refractivity contribution < 1.29 is 8.42 Å². The van der Waals surface area contributed by atoms with Crippen molar-refractivity contribution in [3.05, 3.63) is 35.1 Å². The van der Waals surface area contributed by atoms with Crippen LogP contribution in [-0.2, 0) is 10.0 Å². The molecule has 1 aliphatic carbocycles. The van der Waals surface area contributed by atoms with Crippen LogP contribution in [0.25, 0.3) is 10.7 Å². The number of anilines is 2. The van der Waals surface area contributed by atoms with E-state index in [0.29, 0.717) is 33.3 Å². The highest BCUT2D eigenvalue weighted by atomic mass is 35.5. The molecule has 28 heavy (non-hydrogen) atoms. The first-order valence-corrected chi connectivity index (χ1v) is 11.2. The number of halogens is 1.